The highest BCUT2D eigenvalue weighted by Gasteiger charge is 2.12. The number of carbonyl (C=O) groups is 2. The minimum atomic E-state index is -0.287. The van der Waals surface area contributed by atoms with Gasteiger partial charge in [0.25, 0.3) is 11.8 Å². The molecule has 0 aliphatic rings. The van der Waals surface area contributed by atoms with Gasteiger partial charge in [-0.2, -0.15) is 0 Å². The van der Waals surface area contributed by atoms with E-state index in [1.807, 2.05) is 19.9 Å². The second-order valence-electron chi connectivity index (χ2n) is 6.38. The predicted molar refractivity (Wildman–Crippen MR) is 118 cm³/mol. The van der Waals surface area contributed by atoms with E-state index in [2.05, 4.69) is 10.6 Å². The van der Waals surface area contributed by atoms with Gasteiger partial charge in [-0.15, -0.1) is 0 Å². The van der Waals surface area contributed by atoms with Crippen LogP contribution in [0.3, 0.4) is 0 Å². The van der Waals surface area contributed by atoms with E-state index in [0.29, 0.717) is 47.2 Å². The summed E-state index contributed by atoms with van der Waals surface area (Å²) in [6, 6.07) is 20.9. The van der Waals surface area contributed by atoms with Gasteiger partial charge in [-0.1, -0.05) is 18.2 Å². The van der Waals surface area contributed by atoms with Gasteiger partial charge in [0.15, 0.2) is 0 Å². The third kappa shape index (κ3) is 5.38. The molecule has 2 N–H and O–H groups in total. The molecule has 0 radical (unpaired) electrons. The lowest BCUT2D eigenvalue weighted by molar-refractivity contribution is 0.101. The van der Waals surface area contributed by atoms with Gasteiger partial charge in [-0.05, 0) is 62.4 Å². The minimum Gasteiger partial charge on any atom is -0.494 e. The van der Waals surface area contributed by atoms with E-state index in [1.54, 1.807) is 66.7 Å². The van der Waals surface area contributed by atoms with Crippen LogP contribution in [0.15, 0.2) is 72.8 Å². The van der Waals surface area contributed by atoms with E-state index >= 15 is 0 Å². The summed E-state index contributed by atoms with van der Waals surface area (Å²) in [6.45, 7) is 4.78. The van der Waals surface area contributed by atoms with Crippen molar-refractivity contribution in [1.29, 1.82) is 0 Å². The first kappa shape index (κ1) is 20.9. The molecule has 3 rings (SSSR count). The molecule has 0 unspecified atom stereocenters. The number of carbonyl (C=O) groups excluding carboxylic acids is 2. The zero-order valence-corrected chi connectivity index (χ0v) is 17.0. The molecule has 6 nitrogen and oxygen atoms in total. The van der Waals surface area contributed by atoms with E-state index in [4.69, 9.17) is 9.47 Å². The Labute approximate surface area is 175 Å². The standard InChI is InChI=1S/C24H24N2O4/c1-3-29-20-14-15-22(30-4-2)21(16-20)26-24(28)18-10-12-19(13-11-18)25-23(27)17-8-6-5-7-9-17/h5-16H,3-4H2,1-2H3,(H,25,27)(H,26,28). The first-order chi connectivity index (χ1) is 14.6. The van der Waals surface area contributed by atoms with Crippen molar-refractivity contribution < 1.29 is 19.1 Å². The third-order valence-electron chi connectivity index (χ3n) is 4.25. The van der Waals surface area contributed by atoms with Crippen LogP contribution in [0.5, 0.6) is 11.5 Å². The van der Waals surface area contributed by atoms with Crippen molar-refractivity contribution in [1.82, 2.24) is 0 Å². The smallest absolute Gasteiger partial charge is 0.255 e. The molecule has 30 heavy (non-hydrogen) atoms. The summed E-state index contributed by atoms with van der Waals surface area (Å²) in [6.07, 6.45) is 0. The van der Waals surface area contributed by atoms with Crippen molar-refractivity contribution >= 4 is 23.2 Å². The Morgan fingerprint density at radius 3 is 2.03 bits per heavy atom. The average Bonchev–Trinajstić information content (AvgIpc) is 2.77. The van der Waals surface area contributed by atoms with Crippen LogP contribution in [0.1, 0.15) is 34.6 Å². The normalized spacial score (nSPS) is 10.2. The maximum Gasteiger partial charge on any atom is 0.255 e. The Hall–Kier alpha value is -3.80. The molecular formula is C24H24N2O4. The SMILES string of the molecule is CCOc1ccc(OCC)c(NC(=O)c2ccc(NC(=O)c3ccccc3)cc2)c1. The maximum absolute atomic E-state index is 12.7. The summed E-state index contributed by atoms with van der Waals surface area (Å²) in [5.74, 6) is 0.726. The fourth-order valence-corrected chi connectivity index (χ4v) is 2.84. The summed E-state index contributed by atoms with van der Waals surface area (Å²) >= 11 is 0. The summed E-state index contributed by atoms with van der Waals surface area (Å²) in [5.41, 5.74) is 2.16. The van der Waals surface area contributed by atoms with Gasteiger partial charge in [0.1, 0.15) is 11.5 Å². The van der Waals surface area contributed by atoms with E-state index in [0.717, 1.165) is 0 Å². The summed E-state index contributed by atoms with van der Waals surface area (Å²) in [5, 5.41) is 5.68. The van der Waals surface area contributed by atoms with E-state index in [-0.39, 0.29) is 11.8 Å². The zero-order chi connectivity index (χ0) is 21.3. The Balaban J connectivity index is 1.70. The summed E-state index contributed by atoms with van der Waals surface area (Å²) < 4.78 is 11.1. The number of anilines is 2. The van der Waals surface area contributed by atoms with E-state index in [9.17, 15) is 9.59 Å². The molecule has 6 heteroatoms. The monoisotopic (exact) mass is 404 g/mol. The number of ether oxygens (including phenoxy) is 2. The first-order valence-corrected chi connectivity index (χ1v) is 9.78. The molecule has 3 aromatic carbocycles. The molecule has 0 spiro atoms. The Morgan fingerprint density at radius 2 is 1.37 bits per heavy atom. The van der Waals surface area contributed by atoms with Gasteiger partial charge in [0, 0.05) is 22.9 Å². The molecule has 3 aromatic rings. The van der Waals surface area contributed by atoms with Crippen molar-refractivity contribution in [2.75, 3.05) is 23.8 Å². The van der Waals surface area contributed by atoms with Crippen molar-refractivity contribution in [3.8, 4) is 11.5 Å². The molecule has 2 amide bonds. The molecule has 0 saturated heterocycles. The second-order valence-corrected chi connectivity index (χ2v) is 6.38. The van der Waals surface area contributed by atoms with Crippen molar-refractivity contribution in [3.63, 3.8) is 0 Å². The van der Waals surface area contributed by atoms with Crippen LogP contribution < -0.4 is 20.1 Å². The van der Waals surface area contributed by atoms with Gasteiger partial charge in [-0.3, -0.25) is 9.59 Å². The van der Waals surface area contributed by atoms with Gasteiger partial charge in [0.2, 0.25) is 0 Å². The molecule has 0 fully saturated rings. The van der Waals surface area contributed by atoms with Crippen LogP contribution in [0.2, 0.25) is 0 Å². The lowest BCUT2D eigenvalue weighted by Crippen LogP contribution is -2.14. The second kappa shape index (κ2) is 10.1. The molecule has 154 valence electrons. The van der Waals surface area contributed by atoms with Crippen molar-refractivity contribution in [2.24, 2.45) is 0 Å². The number of rotatable bonds is 8. The summed E-state index contributed by atoms with van der Waals surface area (Å²) in [7, 11) is 0. The molecule has 0 atom stereocenters. The number of nitrogens with one attached hydrogen (secondary N) is 2. The lowest BCUT2D eigenvalue weighted by atomic mass is 10.1. The van der Waals surface area contributed by atoms with Crippen LogP contribution in [0.4, 0.5) is 11.4 Å². The predicted octanol–water partition coefficient (Wildman–Crippen LogP) is 4.99. The van der Waals surface area contributed by atoms with Gasteiger partial charge in [0.05, 0.1) is 18.9 Å². The van der Waals surface area contributed by atoms with E-state index in [1.165, 1.54) is 0 Å². The molecule has 0 aliphatic carbocycles. The van der Waals surface area contributed by atoms with Crippen molar-refractivity contribution in [2.45, 2.75) is 13.8 Å². The molecule has 0 aromatic heterocycles. The molecule has 0 saturated carbocycles. The van der Waals surface area contributed by atoms with Crippen LogP contribution >= 0.6 is 0 Å². The van der Waals surface area contributed by atoms with Crippen LogP contribution in [-0.4, -0.2) is 25.0 Å². The molecular weight excluding hydrogens is 380 g/mol. The first-order valence-electron chi connectivity index (χ1n) is 9.78. The fraction of sp³-hybridized carbons (Fsp3) is 0.167. The van der Waals surface area contributed by atoms with E-state index < -0.39 is 0 Å². The summed E-state index contributed by atoms with van der Waals surface area (Å²) in [4.78, 5) is 24.9. The molecule has 0 aliphatic heterocycles. The van der Waals surface area contributed by atoms with Gasteiger partial charge >= 0.3 is 0 Å². The average molecular weight is 404 g/mol. The number of amides is 2. The van der Waals surface area contributed by atoms with Crippen LogP contribution in [0.25, 0.3) is 0 Å². The zero-order valence-electron chi connectivity index (χ0n) is 17.0. The fourth-order valence-electron chi connectivity index (χ4n) is 2.84. The minimum absolute atomic E-state index is 0.207. The van der Waals surface area contributed by atoms with Crippen LogP contribution in [-0.2, 0) is 0 Å². The largest absolute Gasteiger partial charge is 0.494 e. The van der Waals surface area contributed by atoms with Gasteiger partial charge in [-0.25, -0.2) is 0 Å². The van der Waals surface area contributed by atoms with Gasteiger partial charge < -0.3 is 20.1 Å². The van der Waals surface area contributed by atoms with Crippen molar-refractivity contribution in [3.05, 3.63) is 83.9 Å². The topological polar surface area (TPSA) is 76.7 Å². The lowest BCUT2D eigenvalue weighted by Gasteiger charge is -2.14. The highest BCUT2D eigenvalue weighted by molar-refractivity contribution is 6.06. The molecule has 0 heterocycles. The third-order valence-corrected chi connectivity index (χ3v) is 4.25. The Kier molecular flexibility index (Phi) is 7.05. The number of hydrogen-bond donors (Lipinski definition) is 2. The molecule has 0 bridgehead atoms. The highest BCUT2D eigenvalue weighted by atomic mass is 16.5. The highest BCUT2D eigenvalue weighted by Crippen LogP contribution is 2.30. The Morgan fingerprint density at radius 1 is 0.733 bits per heavy atom. The Bertz CT molecular complexity index is 1000. The van der Waals surface area contributed by atoms with Crippen LogP contribution in [0, 0.1) is 0 Å². The number of hydrogen-bond acceptors (Lipinski definition) is 4. The maximum atomic E-state index is 12.7. The number of benzene rings is 3. The quantitative estimate of drug-likeness (QED) is 0.555.